The molecule has 0 aliphatic heterocycles. The fourth-order valence-corrected chi connectivity index (χ4v) is 2.87. The van der Waals surface area contributed by atoms with Gasteiger partial charge in [0.05, 0.1) is 6.61 Å². The predicted molar refractivity (Wildman–Crippen MR) is 80.5 cm³/mol. The van der Waals surface area contributed by atoms with E-state index in [0.717, 1.165) is 17.8 Å². The summed E-state index contributed by atoms with van der Waals surface area (Å²) in [6.45, 7) is 3.48. The molecule has 0 radical (unpaired) electrons. The zero-order valence-corrected chi connectivity index (χ0v) is 12.1. The Morgan fingerprint density at radius 1 is 1.40 bits per heavy atom. The molecular formula is C16H24N2O2. The number of aryl methyl sites for hydroxylation is 1. The van der Waals surface area contributed by atoms with Gasteiger partial charge >= 0.3 is 0 Å². The molecule has 1 saturated carbocycles. The molecule has 4 heteroatoms. The van der Waals surface area contributed by atoms with Gasteiger partial charge in [0.25, 0.3) is 0 Å². The van der Waals surface area contributed by atoms with Crippen molar-refractivity contribution in [3.8, 4) is 0 Å². The quantitative estimate of drug-likeness (QED) is 0.838. The summed E-state index contributed by atoms with van der Waals surface area (Å²) in [7, 11) is 0. The number of carbonyl (C=O) groups is 1. The summed E-state index contributed by atoms with van der Waals surface area (Å²) in [5, 5.41) is 2.84. The van der Waals surface area contributed by atoms with Crippen molar-refractivity contribution in [1.82, 2.24) is 0 Å². The van der Waals surface area contributed by atoms with Crippen molar-refractivity contribution < 1.29 is 9.53 Å². The molecule has 1 aliphatic carbocycles. The van der Waals surface area contributed by atoms with E-state index in [2.05, 4.69) is 5.32 Å². The third-order valence-corrected chi connectivity index (χ3v) is 3.99. The van der Waals surface area contributed by atoms with Crippen LogP contribution in [0.2, 0.25) is 0 Å². The van der Waals surface area contributed by atoms with Gasteiger partial charge in [0.2, 0.25) is 5.91 Å². The van der Waals surface area contributed by atoms with Crippen molar-refractivity contribution in [2.24, 2.45) is 17.6 Å². The number of hydrogen-bond acceptors (Lipinski definition) is 3. The summed E-state index contributed by atoms with van der Waals surface area (Å²) in [6, 6.07) is 7.75. The van der Waals surface area contributed by atoms with Crippen LogP contribution >= 0.6 is 0 Å². The molecule has 4 nitrogen and oxygen atoms in total. The van der Waals surface area contributed by atoms with Crippen LogP contribution in [0, 0.1) is 18.8 Å². The van der Waals surface area contributed by atoms with Gasteiger partial charge < -0.3 is 15.8 Å². The Balaban J connectivity index is 1.70. The van der Waals surface area contributed by atoms with Crippen LogP contribution < -0.4 is 11.1 Å². The van der Waals surface area contributed by atoms with Crippen LogP contribution in [-0.2, 0) is 9.53 Å². The molecule has 1 aromatic rings. The van der Waals surface area contributed by atoms with Crippen molar-refractivity contribution in [3.63, 3.8) is 0 Å². The Labute approximate surface area is 120 Å². The van der Waals surface area contributed by atoms with Crippen LogP contribution in [0.4, 0.5) is 5.69 Å². The topological polar surface area (TPSA) is 64.3 Å². The van der Waals surface area contributed by atoms with Crippen LogP contribution in [-0.4, -0.2) is 25.7 Å². The number of ether oxygens (including phenoxy) is 1. The van der Waals surface area contributed by atoms with Gasteiger partial charge in [0, 0.05) is 5.69 Å². The van der Waals surface area contributed by atoms with Gasteiger partial charge in [-0.05, 0) is 55.8 Å². The van der Waals surface area contributed by atoms with E-state index in [9.17, 15) is 4.79 Å². The van der Waals surface area contributed by atoms with E-state index >= 15 is 0 Å². The summed E-state index contributed by atoms with van der Waals surface area (Å²) in [6.07, 6.45) is 3.59. The Hall–Kier alpha value is -1.39. The molecule has 1 fully saturated rings. The average molecular weight is 276 g/mol. The van der Waals surface area contributed by atoms with E-state index in [-0.39, 0.29) is 12.5 Å². The molecule has 2 rings (SSSR count). The van der Waals surface area contributed by atoms with Crippen molar-refractivity contribution in [3.05, 3.63) is 29.8 Å². The maximum absolute atomic E-state index is 11.8. The van der Waals surface area contributed by atoms with Crippen molar-refractivity contribution in [2.45, 2.75) is 26.2 Å². The molecule has 110 valence electrons. The minimum absolute atomic E-state index is 0.0992. The molecule has 1 aliphatic rings. The van der Waals surface area contributed by atoms with E-state index < -0.39 is 0 Å². The first-order chi connectivity index (χ1) is 9.69. The molecule has 0 aromatic heterocycles. The fourth-order valence-electron chi connectivity index (χ4n) is 2.87. The van der Waals surface area contributed by atoms with Crippen LogP contribution in [0.1, 0.15) is 24.8 Å². The number of amides is 1. The lowest BCUT2D eigenvalue weighted by Crippen LogP contribution is -2.25. The molecule has 0 saturated heterocycles. The molecule has 0 heterocycles. The van der Waals surface area contributed by atoms with Gasteiger partial charge in [0.15, 0.2) is 0 Å². The second kappa shape index (κ2) is 7.41. The molecule has 1 aromatic carbocycles. The normalized spacial score (nSPS) is 21.9. The van der Waals surface area contributed by atoms with Crippen molar-refractivity contribution in [2.75, 3.05) is 25.1 Å². The molecule has 3 N–H and O–H groups in total. The lowest BCUT2D eigenvalue weighted by molar-refractivity contribution is -0.121. The number of anilines is 1. The Morgan fingerprint density at radius 3 is 2.95 bits per heavy atom. The molecule has 20 heavy (non-hydrogen) atoms. The maximum atomic E-state index is 11.8. The molecule has 1 amide bonds. The minimum Gasteiger partial charge on any atom is -0.371 e. The van der Waals surface area contributed by atoms with Crippen LogP contribution in [0.25, 0.3) is 0 Å². The second-order valence-electron chi connectivity index (χ2n) is 5.62. The summed E-state index contributed by atoms with van der Waals surface area (Å²) >= 11 is 0. The summed E-state index contributed by atoms with van der Waals surface area (Å²) in [4.78, 5) is 11.8. The van der Waals surface area contributed by atoms with Gasteiger partial charge in [-0.2, -0.15) is 0 Å². The number of nitrogens with two attached hydrogens (primary N) is 1. The van der Waals surface area contributed by atoms with Gasteiger partial charge in [-0.3, -0.25) is 4.79 Å². The summed E-state index contributed by atoms with van der Waals surface area (Å²) < 4.78 is 5.55. The molecular weight excluding hydrogens is 252 g/mol. The Morgan fingerprint density at radius 2 is 2.20 bits per heavy atom. The average Bonchev–Trinajstić information content (AvgIpc) is 2.86. The standard InChI is InChI=1S/C16H24N2O2/c1-12-4-2-7-15(8-12)18-16(19)11-20-10-14-6-3-5-13(14)9-17/h2,4,7-8,13-14H,3,5-6,9-11,17H2,1H3,(H,18,19). The first-order valence-electron chi connectivity index (χ1n) is 7.33. The monoisotopic (exact) mass is 276 g/mol. The largest absolute Gasteiger partial charge is 0.371 e. The number of carbonyl (C=O) groups excluding carboxylic acids is 1. The van der Waals surface area contributed by atoms with E-state index in [1.165, 1.54) is 19.3 Å². The lowest BCUT2D eigenvalue weighted by atomic mass is 9.97. The second-order valence-corrected chi connectivity index (χ2v) is 5.62. The van der Waals surface area contributed by atoms with Gasteiger partial charge in [-0.15, -0.1) is 0 Å². The number of nitrogens with one attached hydrogen (secondary N) is 1. The Kier molecular flexibility index (Phi) is 5.56. The minimum atomic E-state index is -0.0992. The zero-order chi connectivity index (χ0) is 14.4. The molecule has 0 spiro atoms. The van der Waals surface area contributed by atoms with Crippen molar-refractivity contribution in [1.29, 1.82) is 0 Å². The van der Waals surface area contributed by atoms with E-state index in [1.54, 1.807) is 0 Å². The molecule has 2 atom stereocenters. The predicted octanol–water partition coefficient (Wildman–Crippen LogP) is 2.33. The highest BCUT2D eigenvalue weighted by molar-refractivity contribution is 5.91. The lowest BCUT2D eigenvalue weighted by Gasteiger charge is -2.17. The highest BCUT2D eigenvalue weighted by Crippen LogP contribution is 2.30. The van der Waals surface area contributed by atoms with Crippen LogP contribution in [0.3, 0.4) is 0 Å². The number of rotatable bonds is 6. The molecule has 0 bridgehead atoms. The van der Waals surface area contributed by atoms with E-state index in [1.807, 2.05) is 31.2 Å². The van der Waals surface area contributed by atoms with Gasteiger partial charge in [-0.25, -0.2) is 0 Å². The SMILES string of the molecule is Cc1cccc(NC(=O)COCC2CCCC2CN)c1. The smallest absolute Gasteiger partial charge is 0.250 e. The third-order valence-electron chi connectivity index (χ3n) is 3.99. The van der Waals surface area contributed by atoms with Gasteiger partial charge in [0.1, 0.15) is 6.61 Å². The number of hydrogen-bond donors (Lipinski definition) is 2. The van der Waals surface area contributed by atoms with Crippen LogP contribution in [0.15, 0.2) is 24.3 Å². The highest BCUT2D eigenvalue weighted by atomic mass is 16.5. The molecule has 2 unspecified atom stereocenters. The van der Waals surface area contributed by atoms with E-state index in [0.29, 0.717) is 18.4 Å². The van der Waals surface area contributed by atoms with Crippen LogP contribution in [0.5, 0.6) is 0 Å². The summed E-state index contributed by atoms with van der Waals surface area (Å²) in [5.74, 6) is 0.986. The first kappa shape index (κ1) is 15.0. The maximum Gasteiger partial charge on any atom is 0.250 e. The fraction of sp³-hybridized carbons (Fsp3) is 0.562. The Bertz CT molecular complexity index is 448. The third kappa shape index (κ3) is 4.32. The first-order valence-corrected chi connectivity index (χ1v) is 7.33. The highest BCUT2D eigenvalue weighted by Gasteiger charge is 2.26. The van der Waals surface area contributed by atoms with E-state index in [4.69, 9.17) is 10.5 Å². The zero-order valence-electron chi connectivity index (χ0n) is 12.1. The van der Waals surface area contributed by atoms with Gasteiger partial charge in [-0.1, -0.05) is 18.6 Å². The number of benzene rings is 1. The van der Waals surface area contributed by atoms with Crippen molar-refractivity contribution >= 4 is 11.6 Å². The summed E-state index contributed by atoms with van der Waals surface area (Å²) in [5.41, 5.74) is 7.68.